The molecule has 1 rings (SSSR count). The summed E-state index contributed by atoms with van der Waals surface area (Å²) in [6, 6.07) is 3.64. The zero-order valence-corrected chi connectivity index (χ0v) is 11.8. The number of nitrogens with zero attached hydrogens (tertiary/aromatic N) is 1. The van der Waals surface area contributed by atoms with Crippen LogP contribution in [0.2, 0.25) is 5.02 Å². The van der Waals surface area contributed by atoms with Gasteiger partial charge in [0.25, 0.3) is 11.6 Å². The molecule has 0 bridgehead atoms. The first-order valence-electron chi connectivity index (χ1n) is 5.82. The maximum atomic E-state index is 11.9. The van der Waals surface area contributed by atoms with E-state index in [1.165, 1.54) is 19.2 Å². The SMILES string of the molecule is COC(CNC(=O)c1ccc(Cl)c([N+](=O)[O-])c1)CC(=O)O. The Labute approximate surface area is 124 Å². The van der Waals surface area contributed by atoms with Crippen molar-refractivity contribution in [1.29, 1.82) is 0 Å². The van der Waals surface area contributed by atoms with Gasteiger partial charge in [0.15, 0.2) is 0 Å². The summed E-state index contributed by atoms with van der Waals surface area (Å²) in [6.07, 6.45) is -0.953. The molecule has 21 heavy (non-hydrogen) atoms. The maximum Gasteiger partial charge on any atom is 0.306 e. The second kappa shape index (κ2) is 7.55. The van der Waals surface area contributed by atoms with Gasteiger partial charge in [-0.1, -0.05) is 11.6 Å². The summed E-state index contributed by atoms with van der Waals surface area (Å²) in [7, 11) is 1.33. The highest BCUT2D eigenvalue weighted by molar-refractivity contribution is 6.32. The third-order valence-electron chi connectivity index (χ3n) is 2.63. The quantitative estimate of drug-likeness (QED) is 0.580. The van der Waals surface area contributed by atoms with E-state index in [1.54, 1.807) is 0 Å². The second-order valence-corrected chi connectivity index (χ2v) is 4.50. The molecule has 0 fully saturated rings. The predicted octanol–water partition coefficient (Wildman–Crippen LogP) is 1.47. The first kappa shape index (κ1) is 16.9. The average molecular weight is 317 g/mol. The molecule has 0 heterocycles. The normalized spacial score (nSPS) is 11.7. The molecule has 2 N–H and O–H groups in total. The predicted molar refractivity (Wildman–Crippen MR) is 73.5 cm³/mol. The van der Waals surface area contributed by atoms with Crippen LogP contribution < -0.4 is 5.32 Å². The highest BCUT2D eigenvalue weighted by Gasteiger charge is 2.18. The van der Waals surface area contributed by atoms with Gasteiger partial charge in [-0.3, -0.25) is 19.7 Å². The monoisotopic (exact) mass is 316 g/mol. The van der Waals surface area contributed by atoms with Crippen LogP contribution >= 0.6 is 11.6 Å². The van der Waals surface area contributed by atoms with Gasteiger partial charge >= 0.3 is 5.97 Å². The van der Waals surface area contributed by atoms with Crippen LogP contribution in [0.25, 0.3) is 0 Å². The number of methoxy groups -OCH3 is 1. The van der Waals surface area contributed by atoms with Crippen LogP contribution in [-0.4, -0.2) is 41.7 Å². The fraction of sp³-hybridized carbons (Fsp3) is 0.333. The summed E-state index contributed by atoms with van der Waals surface area (Å²) >= 11 is 5.64. The highest BCUT2D eigenvalue weighted by atomic mass is 35.5. The lowest BCUT2D eigenvalue weighted by Crippen LogP contribution is -2.34. The van der Waals surface area contributed by atoms with E-state index in [1.807, 2.05) is 0 Å². The minimum Gasteiger partial charge on any atom is -0.481 e. The van der Waals surface area contributed by atoms with E-state index in [4.69, 9.17) is 21.4 Å². The molecular formula is C12H13ClN2O6. The van der Waals surface area contributed by atoms with Gasteiger partial charge in [0.1, 0.15) is 5.02 Å². The zero-order valence-electron chi connectivity index (χ0n) is 11.0. The van der Waals surface area contributed by atoms with E-state index in [9.17, 15) is 19.7 Å². The van der Waals surface area contributed by atoms with Crippen LogP contribution in [0.3, 0.4) is 0 Å². The van der Waals surface area contributed by atoms with Gasteiger partial charge in [-0.05, 0) is 12.1 Å². The van der Waals surface area contributed by atoms with Gasteiger partial charge < -0.3 is 15.2 Å². The number of rotatable bonds is 7. The van der Waals surface area contributed by atoms with E-state index in [0.29, 0.717) is 0 Å². The number of halogens is 1. The average Bonchev–Trinajstić information content (AvgIpc) is 2.42. The summed E-state index contributed by atoms with van der Waals surface area (Å²) in [6.45, 7) is -0.0297. The van der Waals surface area contributed by atoms with E-state index in [2.05, 4.69) is 5.32 Å². The van der Waals surface area contributed by atoms with Crippen molar-refractivity contribution in [3.63, 3.8) is 0 Å². The minimum atomic E-state index is -1.06. The van der Waals surface area contributed by atoms with Gasteiger partial charge in [0, 0.05) is 25.3 Å². The second-order valence-electron chi connectivity index (χ2n) is 4.09. The van der Waals surface area contributed by atoms with Crippen LogP contribution in [0.15, 0.2) is 18.2 Å². The molecule has 0 saturated carbocycles. The topological polar surface area (TPSA) is 119 Å². The number of amides is 1. The Morgan fingerprint density at radius 1 is 1.52 bits per heavy atom. The number of ether oxygens (including phenoxy) is 1. The number of carboxylic acids is 1. The number of nitro groups is 1. The van der Waals surface area contributed by atoms with Crippen molar-refractivity contribution in [1.82, 2.24) is 5.32 Å². The number of carbonyl (C=O) groups excluding carboxylic acids is 1. The van der Waals surface area contributed by atoms with Crippen LogP contribution in [-0.2, 0) is 9.53 Å². The number of nitro benzene ring substituents is 1. The fourth-order valence-electron chi connectivity index (χ4n) is 1.54. The third kappa shape index (κ3) is 5.01. The zero-order chi connectivity index (χ0) is 16.0. The number of hydrogen-bond acceptors (Lipinski definition) is 5. The summed E-state index contributed by atoms with van der Waals surface area (Å²) in [5.74, 6) is -1.64. The largest absolute Gasteiger partial charge is 0.481 e. The number of carboxylic acid groups (broad SMARTS) is 1. The van der Waals surface area contributed by atoms with Gasteiger partial charge in [-0.25, -0.2) is 0 Å². The molecule has 0 radical (unpaired) electrons. The Morgan fingerprint density at radius 3 is 2.71 bits per heavy atom. The summed E-state index contributed by atoms with van der Waals surface area (Å²) < 4.78 is 4.90. The molecule has 1 unspecified atom stereocenters. The molecule has 1 amide bonds. The lowest BCUT2D eigenvalue weighted by Gasteiger charge is -2.13. The molecule has 0 aliphatic heterocycles. The van der Waals surface area contributed by atoms with Crippen LogP contribution in [0.4, 0.5) is 5.69 Å². The molecule has 8 nitrogen and oxygen atoms in total. The van der Waals surface area contributed by atoms with Crippen molar-refractivity contribution in [2.24, 2.45) is 0 Å². The smallest absolute Gasteiger partial charge is 0.306 e. The Kier molecular flexibility index (Phi) is 6.07. The molecule has 114 valence electrons. The minimum absolute atomic E-state index is 0.0297. The van der Waals surface area contributed by atoms with Crippen molar-refractivity contribution < 1.29 is 24.4 Å². The number of nitrogens with one attached hydrogen (secondary N) is 1. The number of carbonyl (C=O) groups is 2. The van der Waals surface area contributed by atoms with Crippen molar-refractivity contribution in [3.05, 3.63) is 38.9 Å². The molecule has 1 aromatic carbocycles. The molecule has 0 spiro atoms. The van der Waals surface area contributed by atoms with Gasteiger partial charge in [-0.15, -0.1) is 0 Å². The van der Waals surface area contributed by atoms with Crippen molar-refractivity contribution in [2.45, 2.75) is 12.5 Å². The summed E-state index contributed by atoms with van der Waals surface area (Å²) in [5, 5.41) is 21.8. The summed E-state index contributed by atoms with van der Waals surface area (Å²) in [4.78, 5) is 32.5. The number of benzene rings is 1. The molecule has 0 aliphatic carbocycles. The Balaban J connectivity index is 2.74. The lowest BCUT2D eigenvalue weighted by molar-refractivity contribution is -0.384. The maximum absolute atomic E-state index is 11.9. The number of hydrogen-bond donors (Lipinski definition) is 2. The van der Waals surface area contributed by atoms with E-state index in [-0.39, 0.29) is 29.2 Å². The van der Waals surface area contributed by atoms with Crippen molar-refractivity contribution in [2.75, 3.05) is 13.7 Å². The molecule has 0 aliphatic rings. The fourth-order valence-corrected chi connectivity index (χ4v) is 1.72. The molecule has 1 atom stereocenters. The molecule has 1 aromatic rings. The molecule has 0 saturated heterocycles. The van der Waals surface area contributed by atoms with Crippen LogP contribution in [0.5, 0.6) is 0 Å². The summed E-state index contributed by atoms with van der Waals surface area (Å²) in [5.41, 5.74) is -0.325. The lowest BCUT2D eigenvalue weighted by atomic mass is 10.2. The van der Waals surface area contributed by atoms with Crippen molar-refractivity contribution in [3.8, 4) is 0 Å². The Bertz CT molecular complexity index is 563. The first-order chi connectivity index (χ1) is 9.85. The number of aliphatic carboxylic acids is 1. The highest BCUT2D eigenvalue weighted by Crippen LogP contribution is 2.24. The van der Waals surface area contributed by atoms with Crippen LogP contribution in [0, 0.1) is 10.1 Å². The first-order valence-corrected chi connectivity index (χ1v) is 6.19. The Morgan fingerprint density at radius 2 is 2.19 bits per heavy atom. The molecule has 9 heteroatoms. The standard InChI is InChI=1S/C12H13ClN2O6/c1-21-8(5-11(16)17)6-14-12(18)7-2-3-9(13)10(4-7)15(19)20/h2-4,8H,5-6H2,1H3,(H,14,18)(H,16,17). The van der Waals surface area contributed by atoms with E-state index >= 15 is 0 Å². The van der Waals surface area contributed by atoms with Gasteiger partial charge in [0.2, 0.25) is 0 Å². The van der Waals surface area contributed by atoms with Crippen molar-refractivity contribution >= 4 is 29.2 Å². The molecule has 0 aromatic heterocycles. The van der Waals surface area contributed by atoms with Gasteiger partial charge in [0.05, 0.1) is 17.4 Å². The molecular weight excluding hydrogens is 304 g/mol. The third-order valence-corrected chi connectivity index (χ3v) is 2.95. The Hall–Kier alpha value is -2.19. The van der Waals surface area contributed by atoms with E-state index < -0.39 is 22.9 Å². The van der Waals surface area contributed by atoms with Gasteiger partial charge in [-0.2, -0.15) is 0 Å². The van der Waals surface area contributed by atoms with E-state index in [0.717, 1.165) is 6.07 Å². The van der Waals surface area contributed by atoms with Crippen LogP contribution in [0.1, 0.15) is 16.8 Å².